The van der Waals surface area contributed by atoms with Gasteiger partial charge in [-0.25, -0.2) is 13.8 Å². The average Bonchev–Trinajstić information content (AvgIpc) is 3.52. The summed E-state index contributed by atoms with van der Waals surface area (Å²) in [5.41, 5.74) is 8.53. The largest absolute Gasteiger partial charge is 0.384 e. The van der Waals surface area contributed by atoms with Crippen LogP contribution in [0.25, 0.3) is 10.9 Å². The van der Waals surface area contributed by atoms with E-state index in [0.29, 0.717) is 22.7 Å². The molecule has 1 saturated carbocycles. The Morgan fingerprint density at radius 1 is 1.19 bits per heavy atom. The first-order chi connectivity index (χ1) is 15.5. The van der Waals surface area contributed by atoms with E-state index in [1.807, 2.05) is 6.07 Å². The molecule has 3 aromatic rings. The number of aryl methyl sites for hydroxylation is 1. The van der Waals surface area contributed by atoms with Gasteiger partial charge < -0.3 is 21.3 Å². The molecule has 9 heteroatoms. The van der Waals surface area contributed by atoms with Gasteiger partial charge in [0.2, 0.25) is 0 Å². The molecule has 5 rings (SSSR count). The van der Waals surface area contributed by atoms with Crippen molar-refractivity contribution >= 4 is 33.8 Å². The molecule has 0 unspecified atom stereocenters. The third-order valence-electron chi connectivity index (χ3n) is 6.00. The Bertz CT molecular complexity index is 1180. The van der Waals surface area contributed by atoms with E-state index in [4.69, 9.17) is 5.73 Å². The number of nitrogens with zero attached hydrogens (tertiary/aromatic N) is 4. The summed E-state index contributed by atoms with van der Waals surface area (Å²) < 4.78 is 31.4. The van der Waals surface area contributed by atoms with Crippen LogP contribution in [-0.2, 0) is 7.05 Å². The molecule has 1 aliphatic carbocycles. The van der Waals surface area contributed by atoms with Crippen molar-refractivity contribution in [3.63, 3.8) is 0 Å². The van der Waals surface area contributed by atoms with Gasteiger partial charge in [0.1, 0.15) is 17.2 Å². The smallest absolute Gasteiger partial charge is 0.153 e. The number of aliphatic imine (C=N–C) groups is 1. The van der Waals surface area contributed by atoms with Crippen LogP contribution < -0.4 is 21.3 Å². The summed E-state index contributed by atoms with van der Waals surface area (Å²) in [5.74, 6) is -0.316. The predicted molar refractivity (Wildman–Crippen MR) is 124 cm³/mol. The maximum atomic E-state index is 15.4. The highest BCUT2D eigenvalue weighted by Crippen LogP contribution is 2.32. The van der Waals surface area contributed by atoms with Crippen molar-refractivity contribution in [2.24, 2.45) is 23.7 Å². The molecule has 0 bridgehead atoms. The van der Waals surface area contributed by atoms with Gasteiger partial charge in [0.05, 0.1) is 16.9 Å². The molecule has 0 amide bonds. The molecule has 4 N–H and O–H groups in total. The SMILES string of the molecule is Cn1cc2cc(N=C(N)c3c(F)cc(N4CCNCC4)cc3NCC3CC3)cc(F)c2n1. The Hall–Kier alpha value is -3.20. The van der Waals surface area contributed by atoms with Gasteiger partial charge in [-0.2, -0.15) is 5.10 Å². The number of aromatic nitrogens is 2. The lowest BCUT2D eigenvalue weighted by Crippen LogP contribution is -2.43. The van der Waals surface area contributed by atoms with Crippen molar-refractivity contribution < 1.29 is 8.78 Å². The molecule has 0 atom stereocenters. The maximum absolute atomic E-state index is 15.4. The standard InChI is InChI=1S/C23H27F2N7/c1-31-13-15-8-16(9-19(25)22(15)30-31)29-23(26)21-18(24)10-17(32-6-4-27-5-7-32)11-20(21)28-12-14-2-3-14/h8-11,13-14,27-28H,2-7,12H2,1H3,(H2,26,29). The van der Waals surface area contributed by atoms with Crippen molar-refractivity contribution in [2.45, 2.75) is 12.8 Å². The first-order valence-corrected chi connectivity index (χ1v) is 11.0. The number of rotatable bonds is 6. The molecular weight excluding hydrogens is 412 g/mol. The second-order valence-corrected chi connectivity index (χ2v) is 8.58. The molecule has 1 aliphatic heterocycles. The number of hydrogen-bond donors (Lipinski definition) is 3. The molecule has 0 radical (unpaired) electrons. The average molecular weight is 440 g/mol. The zero-order valence-corrected chi connectivity index (χ0v) is 18.0. The van der Waals surface area contributed by atoms with Gasteiger partial charge in [-0.05, 0) is 37.0 Å². The van der Waals surface area contributed by atoms with Crippen molar-refractivity contribution in [3.8, 4) is 0 Å². The summed E-state index contributed by atoms with van der Waals surface area (Å²) in [6, 6.07) is 6.42. The number of nitrogens with two attached hydrogens (primary N) is 1. The van der Waals surface area contributed by atoms with E-state index in [0.717, 1.165) is 38.4 Å². The van der Waals surface area contributed by atoms with E-state index >= 15 is 4.39 Å². The highest BCUT2D eigenvalue weighted by atomic mass is 19.1. The van der Waals surface area contributed by atoms with Crippen molar-refractivity contribution in [1.29, 1.82) is 0 Å². The molecule has 168 valence electrons. The number of anilines is 2. The van der Waals surface area contributed by atoms with Crippen LogP contribution in [0.4, 0.5) is 25.8 Å². The van der Waals surface area contributed by atoms with E-state index in [9.17, 15) is 4.39 Å². The monoisotopic (exact) mass is 439 g/mol. The second-order valence-electron chi connectivity index (χ2n) is 8.58. The predicted octanol–water partition coefficient (Wildman–Crippen LogP) is 3.12. The molecule has 2 fully saturated rings. The Kier molecular flexibility index (Phi) is 5.42. The maximum Gasteiger partial charge on any atom is 0.153 e. The van der Waals surface area contributed by atoms with Crippen LogP contribution in [0.1, 0.15) is 18.4 Å². The number of amidine groups is 1. The zero-order valence-electron chi connectivity index (χ0n) is 18.0. The number of fused-ring (bicyclic) bond motifs is 1. The molecular formula is C23H27F2N7. The van der Waals surface area contributed by atoms with Gasteiger partial charge in [0, 0.05) is 63.1 Å². The lowest BCUT2D eigenvalue weighted by molar-refractivity contribution is 0.584. The highest BCUT2D eigenvalue weighted by molar-refractivity contribution is 6.05. The number of nitrogens with one attached hydrogen (secondary N) is 2. The topological polar surface area (TPSA) is 83.5 Å². The van der Waals surface area contributed by atoms with Gasteiger partial charge in [-0.3, -0.25) is 4.68 Å². The van der Waals surface area contributed by atoms with Crippen LogP contribution in [0, 0.1) is 17.6 Å². The number of halogens is 2. The molecule has 32 heavy (non-hydrogen) atoms. The molecule has 0 spiro atoms. The van der Waals surface area contributed by atoms with Crippen molar-refractivity contribution in [1.82, 2.24) is 15.1 Å². The molecule has 2 aliphatic rings. The van der Waals surface area contributed by atoms with E-state index in [1.165, 1.54) is 25.0 Å². The Morgan fingerprint density at radius 2 is 1.97 bits per heavy atom. The summed E-state index contributed by atoms with van der Waals surface area (Å²) in [5, 5.41) is 11.4. The van der Waals surface area contributed by atoms with Crippen molar-refractivity contribution in [2.75, 3.05) is 42.9 Å². The van der Waals surface area contributed by atoms with E-state index in [1.54, 1.807) is 24.0 Å². The van der Waals surface area contributed by atoms with Crippen LogP contribution in [0.2, 0.25) is 0 Å². The van der Waals surface area contributed by atoms with E-state index in [-0.39, 0.29) is 16.9 Å². The molecule has 1 aromatic heterocycles. The number of piperazine rings is 1. The van der Waals surface area contributed by atoms with Gasteiger partial charge in [0.15, 0.2) is 5.82 Å². The number of hydrogen-bond acceptors (Lipinski definition) is 5. The third kappa shape index (κ3) is 4.25. The molecule has 2 aromatic carbocycles. The molecule has 1 saturated heterocycles. The summed E-state index contributed by atoms with van der Waals surface area (Å²) in [6.45, 7) is 4.12. The zero-order chi connectivity index (χ0) is 22.2. The van der Waals surface area contributed by atoms with Crippen LogP contribution >= 0.6 is 0 Å². The minimum absolute atomic E-state index is 0.00954. The lowest BCUT2D eigenvalue weighted by Gasteiger charge is -2.30. The summed E-state index contributed by atoms with van der Waals surface area (Å²) in [7, 11) is 1.73. The Balaban J connectivity index is 1.52. The summed E-state index contributed by atoms with van der Waals surface area (Å²) in [6.07, 6.45) is 4.06. The highest BCUT2D eigenvalue weighted by Gasteiger charge is 2.23. The quantitative estimate of drug-likeness (QED) is 0.406. The van der Waals surface area contributed by atoms with E-state index in [2.05, 4.69) is 25.6 Å². The van der Waals surface area contributed by atoms with Gasteiger partial charge >= 0.3 is 0 Å². The van der Waals surface area contributed by atoms with Gasteiger partial charge in [0.25, 0.3) is 0 Å². The van der Waals surface area contributed by atoms with Crippen LogP contribution in [0.5, 0.6) is 0 Å². The molecule has 2 heterocycles. The Morgan fingerprint density at radius 3 is 2.72 bits per heavy atom. The summed E-state index contributed by atoms with van der Waals surface area (Å²) >= 11 is 0. The second kappa shape index (κ2) is 8.38. The fourth-order valence-corrected chi connectivity index (χ4v) is 4.13. The lowest BCUT2D eigenvalue weighted by atomic mass is 10.1. The normalized spacial score (nSPS) is 17.2. The Labute approximate surface area is 185 Å². The van der Waals surface area contributed by atoms with Crippen molar-refractivity contribution in [3.05, 3.63) is 47.7 Å². The molecule has 7 nitrogen and oxygen atoms in total. The minimum atomic E-state index is -0.490. The van der Waals surface area contributed by atoms with Gasteiger partial charge in [-0.15, -0.1) is 0 Å². The fraction of sp³-hybridized carbons (Fsp3) is 0.391. The first-order valence-electron chi connectivity index (χ1n) is 11.0. The van der Waals surface area contributed by atoms with Crippen LogP contribution in [0.15, 0.2) is 35.5 Å². The summed E-state index contributed by atoms with van der Waals surface area (Å²) in [4.78, 5) is 6.53. The third-order valence-corrected chi connectivity index (χ3v) is 6.00. The van der Waals surface area contributed by atoms with Crippen LogP contribution in [-0.4, -0.2) is 48.3 Å². The fourth-order valence-electron chi connectivity index (χ4n) is 4.13. The minimum Gasteiger partial charge on any atom is -0.384 e. The number of benzene rings is 2. The van der Waals surface area contributed by atoms with Gasteiger partial charge in [-0.1, -0.05) is 0 Å². The van der Waals surface area contributed by atoms with Crippen LogP contribution in [0.3, 0.4) is 0 Å². The van der Waals surface area contributed by atoms with E-state index < -0.39 is 11.6 Å². The first kappa shape index (κ1) is 20.7.